The lowest BCUT2D eigenvalue weighted by atomic mass is 10.2. The summed E-state index contributed by atoms with van der Waals surface area (Å²) in [4.78, 5) is 9.22. The Morgan fingerprint density at radius 1 is 1.31 bits per heavy atom. The largest absolute Gasteiger partial charge is 0.369 e. The quantitative estimate of drug-likeness (QED) is 0.899. The van der Waals surface area contributed by atoms with Crippen molar-refractivity contribution in [1.82, 2.24) is 9.97 Å². The van der Waals surface area contributed by atoms with Crippen molar-refractivity contribution >= 4 is 21.7 Å². The molecule has 1 saturated carbocycles. The maximum Gasteiger partial charge on any atom is 0.144 e. The van der Waals surface area contributed by atoms with Crippen LogP contribution < -0.4 is 5.32 Å². The molecular weight excluding hydrogens is 266 g/mol. The van der Waals surface area contributed by atoms with E-state index in [2.05, 4.69) is 45.1 Å². The molecule has 3 nitrogen and oxygen atoms in total. The van der Waals surface area contributed by atoms with Gasteiger partial charge in [-0.05, 0) is 42.1 Å². The molecule has 1 aromatic heterocycles. The van der Waals surface area contributed by atoms with Gasteiger partial charge >= 0.3 is 0 Å². The predicted molar refractivity (Wildman–Crippen MR) is 69.9 cm³/mol. The highest BCUT2D eigenvalue weighted by molar-refractivity contribution is 9.10. The Bertz CT molecular complexity index is 375. The van der Waals surface area contributed by atoms with Gasteiger partial charge in [0.05, 0.1) is 10.2 Å². The molecule has 16 heavy (non-hydrogen) atoms. The van der Waals surface area contributed by atoms with Crippen LogP contribution in [0.15, 0.2) is 4.47 Å². The molecule has 1 aliphatic rings. The van der Waals surface area contributed by atoms with Crippen molar-refractivity contribution < 1.29 is 0 Å². The summed E-state index contributed by atoms with van der Waals surface area (Å²) in [5.41, 5.74) is 1.20. The van der Waals surface area contributed by atoms with Gasteiger partial charge in [-0.15, -0.1) is 0 Å². The lowest BCUT2D eigenvalue weighted by molar-refractivity contribution is 0.807. The van der Waals surface area contributed by atoms with Gasteiger partial charge in [0, 0.05) is 18.9 Å². The van der Waals surface area contributed by atoms with Gasteiger partial charge < -0.3 is 5.32 Å². The van der Waals surface area contributed by atoms with Gasteiger partial charge in [-0.3, -0.25) is 0 Å². The summed E-state index contributed by atoms with van der Waals surface area (Å²) in [6, 6.07) is 0. The molecule has 1 N–H and O–H groups in total. The van der Waals surface area contributed by atoms with Crippen LogP contribution in [0.2, 0.25) is 0 Å². The van der Waals surface area contributed by atoms with Gasteiger partial charge in [0.2, 0.25) is 0 Å². The summed E-state index contributed by atoms with van der Waals surface area (Å²) in [5.74, 6) is 2.59. The lowest BCUT2D eigenvalue weighted by Gasteiger charge is -2.11. The second kappa shape index (κ2) is 5.13. The SMILES string of the molecule is CCCc1nc(NCC)c(Br)c(C2CC2)n1. The number of rotatable bonds is 5. The third-order valence-electron chi connectivity index (χ3n) is 2.71. The third-order valence-corrected chi connectivity index (χ3v) is 3.49. The van der Waals surface area contributed by atoms with Crippen LogP contribution in [0.4, 0.5) is 5.82 Å². The first kappa shape index (κ1) is 11.8. The van der Waals surface area contributed by atoms with Crippen LogP contribution in [0.25, 0.3) is 0 Å². The van der Waals surface area contributed by atoms with Crippen molar-refractivity contribution in [3.8, 4) is 0 Å². The molecule has 0 radical (unpaired) electrons. The Morgan fingerprint density at radius 2 is 2.06 bits per heavy atom. The van der Waals surface area contributed by atoms with Gasteiger partial charge in [0.15, 0.2) is 0 Å². The molecule has 0 bridgehead atoms. The highest BCUT2D eigenvalue weighted by atomic mass is 79.9. The van der Waals surface area contributed by atoms with Crippen LogP contribution in [-0.2, 0) is 6.42 Å². The fourth-order valence-electron chi connectivity index (χ4n) is 1.76. The van der Waals surface area contributed by atoms with E-state index in [9.17, 15) is 0 Å². The summed E-state index contributed by atoms with van der Waals surface area (Å²) < 4.78 is 1.07. The van der Waals surface area contributed by atoms with E-state index in [1.165, 1.54) is 18.5 Å². The number of aromatic nitrogens is 2. The van der Waals surface area contributed by atoms with E-state index < -0.39 is 0 Å². The van der Waals surface area contributed by atoms with Crippen LogP contribution in [0.3, 0.4) is 0 Å². The molecule has 0 atom stereocenters. The molecule has 0 amide bonds. The van der Waals surface area contributed by atoms with E-state index >= 15 is 0 Å². The summed E-state index contributed by atoms with van der Waals surface area (Å²) in [7, 11) is 0. The van der Waals surface area contributed by atoms with Crippen LogP contribution >= 0.6 is 15.9 Å². The topological polar surface area (TPSA) is 37.8 Å². The Kier molecular flexibility index (Phi) is 3.79. The molecule has 2 rings (SSSR count). The number of nitrogens with zero attached hydrogens (tertiary/aromatic N) is 2. The number of hydrogen-bond acceptors (Lipinski definition) is 3. The second-order valence-electron chi connectivity index (χ2n) is 4.24. The smallest absolute Gasteiger partial charge is 0.144 e. The van der Waals surface area contributed by atoms with E-state index in [1.54, 1.807) is 0 Å². The summed E-state index contributed by atoms with van der Waals surface area (Å²) in [6.45, 7) is 5.14. The molecule has 0 unspecified atom stereocenters. The molecule has 0 spiro atoms. The van der Waals surface area contributed by atoms with Gasteiger partial charge in [-0.2, -0.15) is 0 Å². The van der Waals surface area contributed by atoms with E-state index in [4.69, 9.17) is 0 Å². The minimum absolute atomic E-state index is 0.658. The highest BCUT2D eigenvalue weighted by Gasteiger charge is 2.29. The van der Waals surface area contributed by atoms with Crippen molar-refractivity contribution in [2.24, 2.45) is 0 Å². The van der Waals surface area contributed by atoms with Crippen LogP contribution in [0.5, 0.6) is 0 Å². The molecule has 0 aromatic carbocycles. The first-order valence-electron chi connectivity index (χ1n) is 6.06. The Hall–Kier alpha value is -0.640. The standard InChI is InChI=1S/C12H18BrN3/c1-3-5-9-15-11(8-6-7-8)10(13)12(16-9)14-4-2/h8H,3-7H2,1-2H3,(H,14,15,16). The molecule has 4 heteroatoms. The molecule has 1 aromatic rings. The fourth-order valence-corrected chi connectivity index (χ4v) is 2.40. The van der Waals surface area contributed by atoms with Gasteiger partial charge in [-0.1, -0.05) is 6.92 Å². The van der Waals surface area contributed by atoms with Crippen molar-refractivity contribution in [2.45, 2.75) is 45.4 Å². The zero-order valence-corrected chi connectivity index (χ0v) is 11.5. The van der Waals surface area contributed by atoms with Gasteiger partial charge in [0.25, 0.3) is 0 Å². The number of nitrogens with one attached hydrogen (secondary N) is 1. The third kappa shape index (κ3) is 2.54. The number of hydrogen-bond donors (Lipinski definition) is 1. The van der Waals surface area contributed by atoms with Crippen LogP contribution in [0, 0.1) is 0 Å². The molecule has 0 aliphatic heterocycles. The van der Waals surface area contributed by atoms with Crippen LogP contribution in [0.1, 0.15) is 50.5 Å². The number of aryl methyl sites for hydroxylation is 1. The predicted octanol–water partition coefficient (Wildman–Crippen LogP) is 3.50. The Balaban J connectivity index is 2.34. The first-order valence-corrected chi connectivity index (χ1v) is 6.85. The minimum atomic E-state index is 0.658. The first-order chi connectivity index (χ1) is 7.76. The normalized spacial score (nSPS) is 15.2. The summed E-state index contributed by atoms with van der Waals surface area (Å²) >= 11 is 3.62. The molecule has 1 heterocycles. The summed E-state index contributed by atoms with van der Waals surface area (Å²) in [5, 5.41) is 3.30. The lowest BCUT2D eigenvalue weighted by Crippen LogP contribution is -2.07. The van der Waals surface area contributed by atoms with E-state index in [0.29, 0.717) is 5.92 Å². The van der Waals surface area contributed by atoms with Crippen LogP contribution in [-0.4, -0.2) is 16.5 Å². The minimum Gasteiger partial charge on any atom is -0.369 e. The number of halogens is 1. The monoisotopic (exact) mass is 283 g/mol. The highest BCUT2D eigenvalue weighted by Crippen LogP contribution is 2.43. The molecule has 1 fully saturated rings. The van der Waals surface area contributed by atoms with Crippen molar-refractivity contribution in [3.63, 3.8) is 0 Å². The van der Waals surface area contributed by atoms with Gasteiger partial charge in [-0.25, -0.2) is 9.97 Å². The molecule has 0 saturated heterocycles. The van der Waals surface area contributed by atoms with Gasteiger partial charge in [0.1, 0.15) is 11.6 Å². The zero-order valence-electron chi connectivity index (χ0n) is 9.89. The number of anilines is 1. The maximum absolute atomic E-state index is 4.67. The van der Waals surface area contributed by atoms with E-state index in [-0.39, 0.29) is 0 Å². The van der Waals surface area contributed by atoms with Crippen molar-refractivity contribution in [3.05, 3.63) is 16.0 Å². The fraction of sp³-hybridized carbons (Fsp3) is 0.667. The molecule has 1 aliphatic carbocycles. The molecule has 88 valence electrons. The summed E-state index contributed by atoms with van der Waals surface area (Å²) in [6.07, 6.45) is 4.60. The van der Waals surface area contributed by atoms with Crippen molar-refractivity contribution in [2.75, 3.05) is 11.9 Å². The maximum atomic E-state index is 4.67. The van der Waals surface area contributed by atoms with Crippen molar-refractivity contribution in [1.29, 1.82) is 0 Å². The average Bonchev–Trinajstić information content (AvgIpc) is 3.07. The Labute approximate surface area is 105 Å². The second-order valence-corrected chi connectivity index (χ2v) is 5.04. The van der Waals surface area contributed by atoms with E-state index in [1.807, 2.05) is 0 Å². The molecular formula is C12H18BrN3. The Morgan fingerprint density at radius 3 is 2.62 bits per heavy atom. The zero-order chi connectivity index (χ0) is 11.5. The average molecular weight is 284 g/mol. The van der Waals surface area contributed by atoms with E-state index in [0.717, 1.165) is 35.5 Å².